The summed E-state index contributed by atoms with van der Waals surface area (Å²) in [6, 6.07) is 0. The van der Waals surface area contributed by atoms with Crippen LogP contribution in [0.3, 0.4) is 0 Å². The minimum atomic E-state index is 0.175. The van der Waals surface area contributed by atoms with Gasteiger partial charge in [-0.25, -0.2) is 0 Å². The normalized spacial score (nSPS) is 36.8. The first-order valence-corrected chi connectivity index (χ1v) is 20.7. The molecule has 0 aliphatic heterocycles. The standard InChI is InChI=1S/C40H79N5O3/c1-5-6-20-44-22-11-23-45-21-7-12-30(2)33-13-14-34-38-35(29-37(40(33,34)4)48-26-10-19-43)39(3)16-15-32(46-24-8-17-41)27-31(39)28-36(38)47-25-9-18-42/h30-38,44-45H,5-29,41-43H2,1-4H3/t30-,31?,32-,33?,34+,35+,36-,37?,38?,39+,40-/m1/s1. The Morgan fingerprint density at radius 1 is 0.708 bits per heavy atom. The van der Waals surface area contributed by atoms with Crippen molar-refractivity contribution in [2.24, 2.45) is 63.5 Å². The molecule has 8 heteroatoms. The Kier molecular flexibility index (Phi) is 17.4. The van der Waals surface area contributed by atoms with Gasteiger partial charge < -0.3 is 42.0 Å². The fourth-order valence-electron chi connectivity index (χ4n) is 11.2. The highest BCUT2D eigenvalue weighted by Gasteiger charge is 2.66. The Morgan fingerprint density at radius 2 is 1.35 bits per heavy atom. The maximum absolute atomic E-state index is 7.03. The van der Waals surface area contributed by atoms with Crippen LogP contribution in [0.2, 0.25) is 0 Å². The van der Waals surface area contributed by atoms with Crippen LogP contribution in [0.15, 0.2) is 0 Å². The molecule has 4 rings (SSSR count). The highest BCUT2D eigenvalue weighted by Crippen LogP contribution is 2.69. The molecule has 4 saturated carbocycles. The summed E-state index contributed by atoms with van der Waals surface area (Å²) in [5, 5.41) is 7.30. The Bertz CT molecular complexity index is 882. The van der Waals surface area contributed by atoms with Crippen LogP contribution in [0.4, 0.5) is 0 Å². The van der Waals surface area contributed by atoms with Crippen LogP contribution in [0, 0.1) is 46.3 Å². The molecule has 8 N–H and O–H groups in total. The second-order valence-corrected chi connectivity index (χ2v) is 16.8. The third-order valence-electron chi connectivity index (χ3n) is 13.9. The van der Waals surface area contributed by atoms with Crippen LogP contribution in [0.25, 0.3) is 0 Å². The summed E-state index contributed by atoms with van der Waals surface area (Å²) < 4.78 is 20.4. The van der Waals surface area contributed by atoms with Gasteiger partial charge in [0.25, 0.3) is 0 Å². The van der Waals surface area contributed by atoms with Gasteiger partial charge in [-0.3, -0.25) is 0 Å². The molecular weight excluding hydrogens is 598 g/mol. The highest BCUT2D eigenvalue weighted by molar-refractivity contribution is 5.15. The summed E-state index contributed by atoms with van der Waals surface area (Å²) in [7, 11) is 0. The molecule has 4 aliphatic carbocycles. The minimum Gasteiger partial charge on any atom is -0.378 e. The van der Waals surface area contributed by atoms with Gasteiger partial charge in [-0.1, -0.05) is 34.1 Å². The first-order valence-electron chi connectivity index (χ1n) is 20.7. The molecule has 0 aromatic carbocycles. The second kappa shape index (κ2) is 20.7. The van der Waals surface area contributed by atoms with Gasteiger partial charge in [0.2, 0.25) is 0 Å². The zero-order chi connectivity index (χ0) is 34.4. The van der Waals surface area contributed by atoms with E-state index in [2.05, 4.69) is 38.3 Å². The molecule has 8 nitrogen and oxygen atoms in total. The molecule has 4 fully saturated rings. The monoisotopic (exact) mass is 678 g/mol. The van der Waals surface area contributed by atoms with E-state index in [0.717, 1.165) is 71.7 Å². The average Bonchev–Trinajstić information content (AvgIpc) is 3.44. The Labute approximate surface area is 295 Å². The van der Waals surface area contributed by atoms with Crippen LogP contribution in [-0.4, -0.2) is 83.9 Å². The third-order valence-corrected chi connectivity index (χ3v) is 13.9. The topological polar surface area (TPSA) is 130 Å². The highest BCUT2D eigenvalue weighted by atomic mass is 16.5. The van der Waals surface area contributed by atoms with Crippen molar-refractivity contribution >= 4 is 0 Å². The smallest absolute Gasteiger partial charge is 0.0637 e. The van der Waals surface area contributed by atoms with E-state index in [1.807, 2.05) is 0 Å². The van der Waals surface area contributed by atoms with Gasteiger partial charge in [-0.15, -0.1) is 0 Å². The van der Waals surface area contributed by atoms with Crippen LogP contribution < -0.4 is 27.8 Å². The lowest BCUT2D eigenvalue weighted by Gasteiger charge is -2.65. The molecule has 11 atom stereocenters. The van der Waals surface area contributed by atoms with Crippen molar-refractivity contribution in [1.82, 2.24) is 10.6 Å². The fraction of sp³-hybridized carbons (Fsp3) is 1.00. The number of hydrogen-bond acceptors (Lipinski definition) is 8. The quantitative estimate of drug-likeness (QED) is 0.0805. The van der Waals surface area contributed by atoms with Gasteiger partial charge in [0.15, 0.2) is 0 Å². The Hall–Kier alpha value is -0.320. The molecule has 48 heavy (non-hydrogen) atoms. The molecule has 0 radical (unpaired) electrons. The van der Waals surface area contributed by atoms with Crippen LogP contribution in [-0.2, 0) is 14.2 Å². The van der Waals surface area contributed by atoms with Crippen molar-refractivity contribution in [3.8, 4) is 0 Å². The van der Waals surface area contributed by atoms with Gasteiger partial charge in [-0.05, 0) is 177 Å². The van der Waals surface area contributed by atoms with E-state index in [1.54, 1.807) is 0 Å². The molecule has 0 spiro atoms. The predicted molar refractivity (Wildman–Crippen MR) is 200 cm³/mol. The van der Waals surface area contributed by atoms with E-state index in [9.17, 15) is 0 Å². The minimum absolute atomic E-state index is 0.175. The van der Waals surface area contributed by atoms with Crippen molar-refractivity contribution in [3.63, 3.8) is 0 Å². The molecule has 0 amide bonds. The molecule has 0 aromatic rings. The van der Waals surface area contributed by atoms with E-state index in [0.29, 0.717) is 78.9 Å². The Balaban J connectivity index is 1.46. The number of unbranched alkanes of at least 4 members (excludes halogenated alkanes) is 1. The maximum Gasteiger partial charge on any atom is 0.0637 e. The van der Waals surface area contributed by atoms with E-state index >= 15 is 0 Å². The zero-order valence-corrected chi connectivity index (χ0v) is 31.8. The maximum atomic E-state index is 7.03. The lowest BCUT2D eigenvalue weighted by atomic mass is 9.43. The van der Waals surface area contributed by atoms with Crippen LogP contribution in [0.5, 0.6) is 0 Å². The molecule has 0 heterocycles. The first kappa shape index (κ1) is 40.5. The number of ether oxygens (including phenoxy) is 3. The van der Waals surface area contributed by atoms with Crippen LogP contribution >= 0.6 is 0 Å². The van der Waals surface area contributed by atoms with Gasteiger partial charge in [0, 0.05) is 25.2 Å². The first-order chi connectivity index (χ1) is 23.3. The summed E-state index contributed by atoms with van der Waals surface area (Å²) in [5.41, 5.74) is 18.2. The number of rotatable bonds is 24. The Morgan fingerprint density at radius 3 is 2.04 bits per heavy atom. The number of hydrogen-bond donors (Lipinski definition) is 5. The van der Waals surface area contributed by atoms with Crippen LogP contribution in [0.1, 0.15) is 124 Å². The number of nitrogens with two attached hydrogens (primary N) is 3. The van der Waals surface area contributed by atoms with E-state index in [1.165, 1.54) is 70.6 Å². The van der Waals surface area contributed by atoms with Crippen molar-refractivity contribution in [1.29, 1.82) is 0 Å². The largest absolute Gasteiger partial charge is 0.378 e. The summed E-state index contributed by atoms with van der Waals surface area (Å²) >= 11 is 0. The zero-order valence-electron chi connectivity index (χ0n) is 31.8. The second-order valence-electron chi connectivity index (χ2n) is 16.8. The summed E-state index contributed by atoms with van der Waals surface area (Å²) in [5.74, 6) is 3.88. The number of fused-ring (bicyclic) bond motifs is 5. The van der Waals surface area contributed by atoms with Gasteiger partial charge in [0.1, 0.15) is 0 Å². The third kappa shape index (κ3) is 9.96. The average molecular weight is 678 g/mol. The summed E-state index contributed by atoms with van der Waals surface area (Å²) in [6.07, 6.45) is 18.7. The lowest BCUT2D eigenvalue weighted by Crippen LogP contribution is -2.63. The predicted octanol–water partition coefficient (Wildman–Crippen LogP) is 5.85. The molecule has 282 valence electrons. The van der Waals surface area contributed by atoms with E-state index in [-0.39, 0.29) is 5.41 Å². The molecular formula is C40H79N5O3. The number of nitrogens with one attached hydrogen (secondary N) is 2. The fourth-order valence-corrected chi connectivity index (χ4v) is 11.2. The molecule has 4 unspecified atom stereocenters. The van der Waals surface area contributed by atoms with Crippen molar-refractivity contribution in [3.05, 3.63) is 0 Å². The molecule has 0 aromatic heterocycles. The molecule has 4 aliphatic rings. The summed E-state index contributed by atoms with van der Waals surface area (Å²) in [6.45, 7) is 19.1. The van der Waals surface area contributed by atoms with Crippen molar-refractivity contribution in [2.75, 3.05) is 65.6 Å². The van der Waals surface area contributed by atoms with E-state index < -0.39 is 0 Å². The van der Waals surface area contributed by atoms with E-state index in [4.69, 9.17) is 31.4 Å². The van der Waals surface area contributed by atoms with Crippen molar-refractivity contribution in [2.45, 2.75) is 142 Å². The molecule has 0 bridgehead atoms. The lowest BCUT2D eigenvalue weighted by molar-refractivity contribution is -0.227. The van der Waals surface area contributed by atoms with Gasteiger partial charge in [0.05, 0.1) is 18.3 Å². The van der Waals surface area contributed by atoms with Gasteiger partial charge in [-0.2, -0.15) is 0 Å². The van der Waals surface area contributed by atoms with Gasteiger partial charge >= 0.3 is 0 Å². The van der Waals surface area contributed by atoms with Crippen molar-refractivity contribution < 1.29 is 14.2 Å². The SMILES string of the molecule is CCCCNCCCNCCC[C@@H](C)C1CC[C@H]2C3[C@H](OCCCN)CC4C[C@H](OCCCN)CC[C@]4(C)[C@H]3CC(OCCCN)[C@]12C. The summed E-state index contributed by atoms with van der Waals surface area (Å²) in [4.78, 5) is 0. The molecule has 0 saturated heterocycles.